The number of ether oxygens (including phenoxy) is 1. The first-order chi connectivity index (χ1) is 12.7. The fraction of sp³-hybridized carbons (Fsp3) is 0.667. The Hall–Kier alpha value is -1.43. The summed E-state index contributed by atoms with van der Waals surface area (Å²) in [5, 5.41) is 0. The standard InChI is InChI=1S/C21H33N3O2/c1-3-26-20-9-11-23(12-10-20)18(2)21(25)24-15-13-22(14-16-24)17-19-7-5-4-6-8-19/h4-8,18,20H,3,9-17H2,1-2H3. The van der Waals surface area contributed by atoms with Crippen LogP contribution in [0.15, 0.2) is 30.3 Å². The van der Waals surface area contributed by atoms with Crippen molar-refractivity contribution in [3.8, 4) is 0 Å². The number of likely N-dealkylation sites (tertiary alicyclic amines) is 1. The third-order valence-corrected chi connectivity index (χ3v) is 5.72. The zero-order valence-electron chi connectivity index (χ0n) is 16.3. The fourth-order valence-electron chi connectivity index (χ4n) is 4.05. The molecular formula is C21H33N3O2. The normalized spacial score (nSPS) is 21.7. The van der Waals surface area contributed by atoms with E-state index in [0.717, 1.165) is 65.3 Å². The molecule has 1 amide bonds. The van der Waals surface area contributed by atoms with Crippen LogP contribution in [-0.2, 0) is 16.1 Å². The lowest BCUT2D eigenvalue weighted by Crippen LogP contribution is -2.55. The van der Waals surface area contributed by atoms with E-state index in [1.807, 2.05) is 0 Å². The van der Waals surface area contributed by atoms with Crippen molar-refractivity contribution in [3.63, 3.8) is 0 Å². The quantitative estimate of drug-likeness (QED) is 0.780. The lowest BCUT2D eigenvalue weighted by Gasteiger charge is -2.40. The zero-order chi connectivity index (χ0) is 18.4. The average Bonchev–Trinajstić information content (AvgIpc) is 2.69. The number of nitrogens with zero attached hydrogens (tertiary/aromatic N) is 3. The highest BCUT2D eigenvalue weighted by molar-refractivity contribution is 5.81. The third kappa shape index (κ3) is 5.06. The van der Waals surface area contributed by atoms with Crippen LogP contribution in [0.2, 0.25) is 0 Å². The number of hydrogen-bond donors (Lipinski definition) is 0. The molecule has 3 rings (SSSR count). The first kappa shape index (κ1) is 19.3. The van der Waals surface area contributed by atoms with E-state index in [4.69, 9.17) is 4.74 Å². The van der Waals surface area contributed by atoms with Gasteiger partial charge in [0.25, 0.3) is 0 Å². The van der Waals surface area contributed by atoms with E-state index in [9.17, 15) is 4.79 Å². The van der Waals surface area contributed by atoms with E-state index < -0.39 is 0 Å². The van der Waals surface area contributed by atoms with Crippen LogP contribution in [0.25, 0.3) is 0 Å². The first-order valence-electron chi connectivity index (χ1n) is 10.1. The molecule has 1 unspecified atom stereocenters. The van der Waals surface area contributed by atoms with Gasteiger partial charge in [-0.15, -0.1) is 0 Å². The molecule has 5 nitrogen and oxygen atoms in total. The molecule has 1 atom stereocenters. The number of rotatable bonds is 6. The third-order valence-electron chi connectivity index (χ3n) is 5.72. The summed E-state index contributed by atoms with van der Waals surface area (Å²) in [7, 11) is 0. The molecule has 26 heavy (non-hydrogen) atoms. The Morgan fingerprint density at radius 2 is 1.73 bits per heavy atom. The summed E-state index contributed by atoms with van der Waals surface area (Å²) in [6.45, 7) is 11.4. The smallest absolute Gasteiger partial charge is 0.239 e. The number of carbonyl (C=O) groups is 1. The Labute approximate surface area is 157 Å². The minimum absolute atomic E-state index is 0.0155. The molecule has 1 aromatic rings. The lowest BCUT2D eigenvalue weighted by atomic mass is 10.1. The summed E-state index contributed by atoms with van der Waals surface area (Å²) in [5.74, 6) is 0.291. The lowest BCUT2D eigenvalue weighted by molar-refractivity contribution is -0.139. The monoisotopic (exact) mass is 359 g/mol. The second-order valence-electron chi connectivity index (χ2n) is 7.45. The van der Waals surface area contributed by atoms with E-state index in [-0.39, 0.29) is 6.04 Å². The number of carbonyl (C=O) groups excluding carboxylic acids is 1. The van der Waals surface area contributed by atoms with Crippen LogP contribution < -0.4 is 0 Å². The molecule has 0 N–H and O–H groups in total. The summed E-state index contributed by atoms with van der Waals surface area (Å²) in [4.78, 5) is 19.7. The maximum Gasteiger partial charge on any atom is 0.239 e. The minimum Gasteiger partial charge on any atom is -0.378 e. The molecule has 2 aliphatic heterocycles. The maximum atomic E-state index is 12.9. The van der Waals surface area contributed by atoms with Gasteiger partial charge in [0.1, 0.15) is 0 Å². The van der Waals surface area contributed by atoms with Crippen molar-refractivity contribution in [2.24, 2.45) is 0 Å². The van der Waals surface area contributed by atoms with Gasteiger partial charge in [-0.1, -0.05) is 30.3 Å². The van der Waals surface area contributed by atoms with Gasteiger partial charge < -0.3 is 9.64 Å². The SMILES string of the molecule is CCOC1CCN(C(C)C(=O)N2CCN(Cc3ccccc3)CC2)CC1. The van der Waals surface area contributed by atoms with E-state index >= 15 is 0 Å². The van der Waals surface area contributed by atoms with E-state index in [2.05, 4.69) is 58.9 Å². The van der Waals surface area contributed by atoms with Crippen LogP contribution in [0, 0.1) is 0 Å². The molecule has 144 valence electrons. The van der Waals surface area contributed by atoms with Crippen LogP contribution in [-0.4, -0.2) is 78.6 Å². The van der Waals surface area contributed by atoms with Crippen LogP contribution in [0.1, 0.15) is 32.3 Å². The summed E-state index contributed by atoms with van der Waals surface area (Å²) in [6.07, 6.45) is 2.45. The number of amides is 1. The van der Waals surface area contributed by atoms with Crippen LogP contribution in [0.3, 0.4) is 0 Å². The molecule has 0 aliphatic carbocycles. The van der Waals surface area contributed by atoms with Gasteiger partial charge in [-0.2, -0.15) is 0 Å². The predicted molar refractivity (Wildman–Crippen MR) is 104 cm³/mol. The molecular weight excluding hydrogens is 326 g/mol. The van der Waals surface area contributed by atoms with Gasteiger partial charge in [0.15, 0.2) is 0 Å². The number of piperidine rings is 1. The molecule has 0 radical (unpaired) electrons. The average molecular weight is 360 g/mol. The Morgan fingerprint density at radius 1 is 1.08 bits per heavy atom. The first-order valence-corrected chi connectivity index (χ1v) is 10.1. The Bertz CT molecular complexity index is 550. The van der Waals surface area contributed by atoms with Crippen molar-refractivity contribution in [1.82, 2.24) is 14.7 Å². The fourth-order valence-corrected chi connectivity index (χ4v) is 4.05. The van der Waals surface area contributed by atoms with E-state index in [1.54, 1.807) is 0 Å². The molecule has 2 heterocycles. The van der Waals surface area contributed by atoms with Gasteiger partial charge in [0.05, 0.1) is 12.1 Å². The topological polar surface area (TPSA) is 36.0 Å². The van der Waals surface area contributed by atoms with Crippen molar-refractivity contribution < 1.29 is 9.53 Å². The van der Waals surface area contributed by atoms with Crippen LogP contribution in [0.4, 0.5) is 0 Å². The Morgan fingerprint density at radius 3 is 2.35 bits per heavy atom. The second kappa shape index (κ2) is 9.49. The minimum atomic E-state index is -0.0155. The highest BCUT2D eigenvalue weighted by Crippen LogP contribution is 2.18. The van der Waals surface area contributed by atoms with Gasteiger partial charge in [0, 0.05) is 52.4 Å². The van der Waals surface area contributed by atoms with Crippen molar-refractivity contribution in [2.45, 2.75) is 45.4 Å². The van der Waals surface area contributed by atoms with Crippen molar-refractivity contribution in [1.29, 1.82) is 0 Å². The van der Waals surface area contributed by atoms with Crippen LogP contribution >= 0.6 is 0 Å². The molecule has 0 spiro atoms. The maximum absolute atomic E-state index is 12.9. The largest absolute Gasteiger partial charge is 0.378 e. The molecule has 0 saturated carbocycles. The van der Waals surface area contributed by atoms with Gasteiger partial charge in [0.2, 0.25) is 5.91 Å². The van der Waals surface area contributed by atoms with Crippen molar-refractivity contribution in [2.75, 3.05) is 45.9 Å². The van der Waals surface area contributed by atoms with Gasteiger partial charge >= 0.3 is 0 Å². The van der Waals surface area contributed by atoms with Gasteiger partial charge in [-0.25, -0.2) is 0 Å². The zero-order valence-corrected chi connectivity index (χ0v) is 16.3. The highest BCUT2D eigenvalue weighted by atomic mass is 16.5. The van der Waals surface area contributed by atoms with Gasteiger partial charge in [-0.3, -0.25) is 14.6 Å². The summed E-state index contributed by atoms with van der Waals surface area (Å²) in [5.41, 5.74) is 1.35. The summed E-state index contributed by atoms with van der Waals surface area (Å²) >= 11 is 0. The predicted octanol–water partition coefficient (Wildman–Crippen LogP) is 2.22. The molecule has 0 bridgehead atoms. The number of hydrogen-bond acceptors (Lipinski definition) is 4. The molecule has 2 fully saturated rings. The number of piperazine rings is 1. The van der Waals surface area contributed by atoms with Crippen molar-refractivity contribution >= 4 is 5.91 Å². The Balaban J connectivity index is 1.43. The molecule has 0 aromatic heterocycles. The van der Waals surface area contributed by atoms with Crippen molar-refractivity contribution in [3.05, 3.63) is 35.9 Å². The molecule has 5 heteroatoms. The molecule has 1 aromatic carbocycles. The number of benzene rings is 1. The summed E-state index contributed by atoms with van der Waals surface area (Å²) in [6, 6.07) is 10.6. The molecule has 2 aliphatic rings. The van der Waals surface area contributed by atoms with E-state index in [1.165, 1.54) is 5.56 Å². The highest BCUT2D eigenvalue weighted by Gasteiger charge is 2.31. The van der Waals surface area contributed by atoms with E-state index in [0.29, 0.717) is 12.0 Å². The Kier molecular flexibility index (Phi) is 7.06. The second-order valence-corrected chi connectivity index (χ2v) is 7.45. The van der Waals surface area contributed by atoms with Gasteiger partial charge in [-0.05, 0) is 32.3 Å². The summed E-state index contributed by atoms with van der Waals surface area (Å²) < 4.78 is 5.72. The molecule has 2 saturated heterocycles. The van der Waals surface area contributed by atoms with Crippen LogP contribution in [0.5, 0.6) is 0 Å².